The highest BCUT2D eigenvalue weighted by Gasteiger charge is 2.04. The molecule has 3 rings (SSSR count). The van der Waals surface area contributed by atoms with E-state index in [9.17, 15) is 0 Å². The molecule has 0 atom stereocenters. The number of ether oxygens (including phenoxy) is 1. The summed E-state index contributed by atoms with van der Waals surface area (Å²) < 4.78 is 5.71. The molecule has 0 saturated carbocycles. The molecule has 0 aliphatic rings. The second-order valence-electron chi connectivity index (χ2n) is 4.93. The first-order chi connectivity index (χ1) is 10.7. The summed E-state index contributed by atoms with van der Waals surface area (Å²) in [6.07, 6.45) is 1.69. The number of aromatic nitrogens is 2. The van der Waals surface area contributed by atoms with Crippen molar-refractivity contribution in [2.75, 3.05) is 0 Å². The van der Waals surface area contributed by atoms with Gasteiger partial charge in [-0.2, -0.15) is 0 Å². The first kappa shape index (κ1) is 16.0. The van der Waals surface area contributed by atoms with Gasteiger partial charge in [-0.25, -0.2) is 9.97 Å². The van der Waals surface area contributed by atoms with Crippen LogP contribution in [0.15, 0.2) is 48.7 Å². The molecule has 114 valence electrons. The maximum Gasteiger partial charge on any atom is 0.233 e. The van der Waals surface area contributed by atoms with E-state index in [0.29, 0.717) is 12.5 Å². The minimum absolute atomic E-state index is 0.506. The van der Waals surface area contributed by atoms with Gasteiger partial charge in [-0.1, -0.05) is 50.2 Å². The zero-order chi connectivity index (χ0) is 15.9. The molecule has 0 N–H and O–H groups in total. The van der Waals surface area contributed by atoms with Crippen LogP contribution in [-0.4, -0.2) is 9.97 Å². The molecule has 3 heteroatoms. The number of aryl methyl sites for hydroxylation is 2. The highest BCUT2D eigenvalue weighted by Crippen LogP contribution is 2.19. The van der Waals surface area contributed by atoms with Gasteiger partial charge in [0.15, 0.2) is 0 Å². The maximum absolute atomic E-state index is 5.71. The molecule has 0 fully saturated rings. The van der Waals surface area contributed by atoms with Crippen LogP contribution in [0.2, 0.25) is 0 Å². The number of benzene rings is 2. The van der Waals surface area contributed by atoms with Crippen LogP contribution in [0.4, 0.5) is 0 Å². The minimum Gasteiger partial charge on any atom is -0.472 e. The highest BCUT2D eigenvalue weighted by atomic mass is 16.5. The third-order valence-electron chi connectivity index (χ3n) is 3.19. The van der Waals surface area contributed by atoms with Crippen molar-refractivity contribution in [3.63, 3.8) is 0 Å². The first-order valence-electron chi connectivity index (χ1n) is 7.63. The predicted molar refractivity (Wildman–Crippen MR) is 91.1 cm³/mol. The normalized spacial score (nSPS) is 10.0. The fraction of sp³-hybridized carbons (Fsp3) is 0.263. The average molecular weight is 294 g/mol. The Labute approximate surface area is 132 Å². The van der Waals surface area contributed by atoms with Crippen molar-refractivity contribution >= 4 is 11.0 Å². The summed E-state index contributed by atoms with van der Waals surface area (Å²) in [6, 6.07) is 14.2. The summed E-state index contributed by atoms with van der Waals surface area (Å²) >= 11 is 0. The van der Waals surface area contributed by atoms with Gasteiger partial charge in [0.1, 0.15) is 6.61 Å². The average Bonchev–Trinajstić information content (AvgIpc) is 2.55. The topological polar surface area (TPSA) is 35.0 Å². The van der Waals surface area contributed by atoms with E-state index >= 15 is 0 Å². The number of fused-ring (bicyclic) bond motifs is 1. The lowest BCUT2D eigenvalue weighted by atomic mass is 10.1. The van der Waals surface area contributed by atoms with E-state index in [0.717, 1.165) is 22.2 Å². The summed E-state index contributed by atoms with van der Waals surface area (Å²) in [5.41, 5.74) is 5.26. The molecule has 1 heterocycles. The molecule has 1 aromatic heterocycles. The van der Waals surface area contributed by atoms with Crippen molar-refractivity contribution in [3.8, 4) is 5.88 Å². The Balaban J connectivity index is 0.000000847. The molecule has 0 spiro atoms. The van der Waals surface area contributed by atoms with Crippen molar-refractivity contribution in [1.82, 2.24) is 9.97 Å². The van der Waals surface area contributed by atoms with Gasteiger partial charge in [-0.15, -0.1) is 0 Å². The van der Waals surface area contributed by atoms with Crippen LogP contribution in [0.3, 0.4) is 0 Å². The molecular formula is C19H22N2O. The highest BCUT2D eigenvalue weighted by molar-refractivity contribution is 5.78. The molecule has 0 radical (unpaired) electrons. The van der Waals surface area contributed by atoms with Crippen LogP contribution < -0.4 is 4.74 Å². The summed E-state index contributed by atoms with van der Waals surface area (Å²) in [5.74, 6) is 0.561. The first-order valence-corrected chi connectivity index (χ1v) is 7.63. The summed E-state index contributed by atoms with van der Waals surface area (Å²) in [5, 5.41) is 0. The molecule has 3 nitrogen and oxygen atoms in total. The lowest BCUT2D eigenvalue weighted by molar-refractivity contribution is 0.294. The molecule has 0 bridgehead atoms. The summed E-state index contributed by atoms with van der Waals surface area (Å²) in [7, 11) is 0. The van der Waals surface area contributed by atoms with Crippen LogP contribution in [0.25, 0.3) is 11.0 Å². The van der Waals surface area contributed by atoms with E-state index in [1.807, 2.05) is 50.2 Å². The Morgan fingerprint density at radius 2 is 1.73 bits per heavy atom. The van der Waals surface area contributed by atoms with Gasteiger partial charge in [0.25, 0.3) is 0 Å². The fourth-order valence-electron chi connectivity index (χ4n) is 2.26. The number of nitrogens with zero attached hydrogens (tertiary/aromatic N) is 2. The Morgan fingerprint density at radius 3 is 2.45 bits per heavy atom. The molecule has 0 aliphatic heterocycles. The largest absolute Gasteiger partial charge is 0.472 e. The van der Waals surface area contributed by atoms with Gasteiger partial charge in [0.05, 0.1) is 17.2 Å². The van der Waals surface area contributed by atoms with E-state index in [4.69, 9.17) is 4.74 Å². The van der Waals surface area contributed by atoms with Gasteiger partial charge >= 0.3 is 0 Å². The van der Waals surface area contributed by atoms with E-state index in [1.165, 1.54) is 5.56 Å². The lowest BCUT2D eigenvalue weighted by Crippen LogP contribution is -1.98. The molecule has 22 heavy (non-hydrogen) atoms. The van der Waals surface area contributed by atoms with Crippen LogP contribution in [-0.2, 0) is 6.61 Å². The number of hydrogen-bond donors (Lipinski definition) is 0. The molecule has 3 aromatic rings. The zero-order valence-electron chi connectivity index (χ0n) is 13.6. The van der Waals surface area contributed by atoms with Crippen molar-refractivity contribution in [3.05, 3.63) is 65.4 Å². The van der Waals surface area contributed by atoms with Crippen molar-refractivity contribution < 1.29 is 4.74 Å². The van der Waals surface area contributed by atoms with Crippen molar-refractivity contribution in [2.45, 2.75) is 34.3 Å². The Bertz CT molecular complexity index is 739. The van der Waals surface area contributed by atoms with Gasteiger partial charge in [-0.05, 0) is 36.6 Å². The lowest BCUT2D eigenvalue weighted by Gasteiger charge is -2.07. The molecule has 0 aliphatic carbocycles. The standard InChI is InChI=1S/C17H16N2O.C2H6/c1-12-8-13(2)17-15(9-12)19-16(10-18-17)20-11-14-6-4-3-5-7-14;1-2/h3-10H,11H2,1-2H3;1-2H3. The number of rotatable bonds is 3. The Morgan fingerprint density at radius 1 is 1.00 bits per heavy atom. The zero-order valence-corrected chi connectivity index (χ0v) is 13.6. The quantitative estimate of drug-likeness (QED) is 0.692. The summed E-state index contributed by atoms with van der Waals surface area (Å²) in [4.78, 5) is 8.97. The van der Waals surface area contributed by atoms with Gasteiger partial charge in [0, 0.05) is 0 Å². The smallest absolute Gasteiger partial charge is 0.233 e. The van der Waals surface area contributed by atoms with E-state index < -0.39 is 0 Å². The van der Waals surface area contributed by atoms with Crippen LogP contribution in [0.1, 0.15) is 30.5 Å². The molecule has 0 saturated heterocycles. The second kappa shape index (κ2) is 7.55. The molecule has 2 aromatic carbocycles. The van der Waals surface area contributed by atoms with Crippen LogP contribution >= 0.6 is 0 Å². The molecular weight excluding hydrogens is 272 g/mol. The summed E-state index contributed by atoms with van der Waals surface area (Å²) in [6.45, 7) is 8.62. The SMILES string of the molecule is CC.Cc1cc(C)c2ncc(OCc3ccccc3)nc2c1. The van der Waals surface area contributed by atoms with E-state index in [-0.39, 0.29) is 0 Å². The molecule has 0 unspecified atom stereocenters. The molecule has 0 amide bonds. The third-order valence-corrected chi connectivity index (χ3v) is 3.19. The monoisotopic (exact) mass is 294 g/mol. The van der Waals surface area contributed by atoms with Crippen molar-refractivity contribution in [1.29, 1.82) is 0 Å². The third kappa shape index (κ3) is 3.82. The van der Waals surface area contributed by atoms with Gasteiger partial charge < -0.3 is 4.74 Å². The fourth-order valence-corrected chi connectivity index (χ4v) is 2.26. The van der Waals surface area contributed by atoms with Gasteiger partial charge in [0.2, 0.25) is 5.88 Å². The van der Waals surface area contributed by atoms with E-state index in [2.05, 4.69) is 29.9 Å². The van der Waals surface area contributed by atoms with Crippen LogP contribution in [0, 0.1) is 13.8 Å². The Hall–Kier alpha value is -2.42. The van der Waals surface area contributed by atoms with Crippen molar-refractivity contribution in [2.24, 2.45) is 0 Å². The maximum atomic E-state index is 5.71. The van der Waals surface area contributed by atoms with E-state index in [1.54, 1.807) is 6.20 Å². The second-order valence-corrected chi connectivity index (χ2v) is 4.93. The predicted octanol–water partition coefficient (Wildman–Crippen LogP) is 4.85. The minimum atomic E-state index is 0.506. The number of hydrogen-bond acceptors (Lipinski definition) is 3. The van der Waals surface area contributed by atoms with Gasteiger partial charge in [-0.3, -0.25) is 0 Å². The Kier molecular flexibility index (Phi) is 5.48. The van der Waals surface area contributed by atoms with Crippen LogP contribution in [0.5, 0.6) is 5.88 Å².